The van der Waals surface area contributed by atoms with E-state index in [1.165, 1.54) is 0 Å². The molecule has 1 spiro atoms. The zero-order valence-corrected chi connectivity index (χ0v) is 10.3. The summed E-state index contributed by atoms with van der Waals surface area (Å²) in [6, 6.07) is 0. The van der Waals surface area contributed by atoms with Gasteiger partial charge in [0.2, 0.25) is 0 Å². The van der Waals surface area contributed by atoms with E-state index >= 15 is 0 Å². The Morgan fingerprint density at radius 3 is 1.37 bits per heavy atom. The van der Waals surface area contributed by atoms with E-state index in [4.69, 9.17) is 28.4 Å². The molecule has 0 aliphatic carbocycles. The molecule has 116 valence electrons. The first-order chi connectivity index (χ1) is 8.28. The summed E-state index contributed by atoms with van der Waals surface area (Å²) in [7, 11) is 3.25. The molecule has 0 atom stereocenters. The van der Waals surface area contributed by atoms with Crippen LogP contribution >= 0.6 is 0 Å². The number of ether oxygens (including phenoxy) is 6. The van der Waals surface area contributed by atoms with Gasteiger partial charge in [0.05, 0.1) is 45.1 Å². The van der Waals surface area contributed by atoms with Gasteiger partial charge in [-0.25, -0.2) is 0 Å². The Hall–Kier alpha value is -0.240. The molecule has 0 saturated carbocycles. The van der Waals surface area contributed by atoms with Crippen molar-refractivity contribution in [1.82, 2.24) is 0 Å². The highest BCUT2D eigenvalue weighted by atomic mass is 16.7. The van der Waals surface area contributed by atoms with Gasteiger partial charge in [-0.3, -0.25) is 0 Å². The fourth-order valence-electron chi connectivity index (χ4n) is 1.89. The molecule has 0 aromatic rings. The van der Waals surface area contributed by atoms with Crippen LogP contribution in [0.15, 0.2) is 0 Å². The van der Waals surface area contributed by atoms with Crippen molar-refractivity contribution in [1.29, 1.82) is 0 Å². The van der Waals surface area contributed by atoms with E-state index in [2.05, 4.69) is 0 Å². The highest BCUT2D eigenvalue weighted by Gasteiger charge is 2.41. The topological polar surface area (TPSA) is 55.4 Å². The van der Waals surface area contributed by atoms with Crippen molar-refractivity contribution in [3.63, 3.8) is 0 Å². The summed E-state index contributed by atoms with van der Waals surface area (Å²) >= 11 is 0. The van der Waals surface area contributed by atoms with E-state index in [0.29, 0.717) is 39.6 Å². The summed E-state index contributed by atoms with van der Waals surface area (Å²) < 4.78 is 32.2. The number of hydrogen-bond acceptors (Lipinski definition) is 6. The van der Waals surface area contributed by atoms with Crippen LogP contribution in [0.4, 0.5) is 0 Å². The maximum Gasteiger partial charge on any atom is 0.180 e. The molecule has 2 aliphatic heterocycles. The van der Waals surface area contributed by atoms with Gasteiger partial charge in [0.15, 0.2) is 12.6 Å². The van der Waals surface area contributed by atoms with E-state index in [9.17, 15) is 0 Å². The first-order valence-corrected chi connectivity index (χ1v) is 5.72. The molecule has 0 amide bonds. The van der Waals surface area contributed by atoms with Crippen LogP contribution in [-0.4, -0.2) is 66.4 Å². The number of rotatable bonds is 4. The third-order valence-corrected chi connectivity index (χ3v) is 2.91. The van der Waals surface area contributed by atoms with Crippen molar-refractivity contribution >= 4 is 0 Å². The highest BCUT2D eigenvalue weighted by molar-refractivity contribution is 4.84. The van der Waals surface area contributed by atoms with Gasteiger partial charge in [-0.2, -0.15) is 0 Å². The van der Waals surface area contributed by atoms with Gasteiger partial charge < -0.3 is 28.4 Å². The first kappa shape index (κ1) is 18.8. The quantitative estimate of drug-likeness (QED) is 0.773. The third kappa shape index (κ3) is 4.98. The maximum absolute atomic E-state index is 5.57. The van der Waals surface area contributed by atoms with E-state index in [1.54, 1.807) is 14.2 Å². The molecule has 6 nitrogen and oxygen atoms in total. The SMILES string of the molecule is C.C.COCC1OCC2(CO1)COC(COC)OC2. The summed E-state index contributed by atoms with van der Waals surface area (Å²) in [5, 5.41) is 0. The zero-order valence-electron chi connectivity index (χ0n) is 10.3. The molecule has 0 bridgehead atoms. The molecule has 19 heavy (non-hydrogen) atoms. The molecule has 0 N–H and O–H groups in total. The predicted octanol–water partition coefficient (Wildman–Crippen LogP) is 1.28. The summed E-state index contributed by atoms with van der Waals surface area (Å²) in [5.41, 5.74) is -0.186. The van der Waals surface area contributed by atoms with E-state index < -0.39 is 0 Å². The molecule has 0 aromatic carbocycles. The molecule has 0 aromatic heterocycles. The van der Waals surface area contributed by atoms with Crippen LogP contribution in [0.1, 0.15) is 14.9 Å². The monoisotopic (exact) mass is 280 g/mol. The lowest BCUT2D eigenvalue weighted by molar-refractivity contribution is -0.312. The lowest BCUT2D eigenvalue weighted by Gasteiger charge is -2.43. The molecule has 6 heteroatoms. The van der Waals surface area contributed by atoms with Crippen LogP contribution in [0.5, 0.6) is 0 Å². The van der Waals surface area contributed by atoms with Crippen molar-refractivity contribution in [2.24, 2.45) is 5.41 Å². The number of hydrogen-bond donors (Lipinski definition) is 0. The second kappa shape index (κ2) is 8.84. The Morgan fingerprint density at radius 1 is 0.789 bits per heavy atom. The van der Waals surface area contributed by atoms with Gasteiger partial charge in [0.25, 0.3) is 0 Å². The summed E-state index contributed by atoms with van der Waals surface area (Å²) in [4.78, 5) is 0. The van der Waals surface area contributed by atoms with Gasteiger partial charge in [0.1, 0.15) is 0 Å². The summed E-state index contributed by atoms with van der Waals surface area (Å²) in [6.07, 6.45) is -0.551. The van der Waals surface area contributed by atoms with E-state index in [-0.39, 0.29) is 32.8 Å². The Balaban J connectivity index is 0.00000162. The highest BCUT2D eigenvalue weighted by Crippen LogP contribution is 2.30. The lowest BCUT2D eigenvalue weighted by Crippen LogP contribution is -2.53. The minimum atomic E-state index is -0.276. The first-order valence-electron chi connectivity index (χ1n) is 5.72. The Kier molecular flexibility index (Phi) is 8.73. The van der Waals surface area contributed by atoms with Crippen LogP contribution in [0.25, 0.3) is 0 Å². The lowest BCUT2D eigenvalue weighted by atomic mass is 9.91. The Morgan fingerprint density at radius 2 is 1.11 bits per heavy atom. The molecule has 2 rings (SSSR count). The molecule has 2 heterocycles. The van der Waals surface area contributed by atoms with Gasteiger partial charge in [-0.15, -0.1) is 0 Å². The van der Waals surface area contributed by atoms with Crippen molar-refractivity contribution in [2.45, 2.75) is 27.4 Å². The summed E-state index contributed by atoms with van der Waals surface area (Å²) in [6.45, 7) is 3.18. The average molecular weight is 280 g/mol. The van der Waals surface area contributed by atoms with E-state index in [1.807, 2.05) is 0 Å². The summed E-state index contributed by atoms with van der Waals surface area (Å²) in [5.74, 6) is 0. The largest absolute Gasteiger partial charge is 0.379 e. The van der Waals surface area contributed by atoms with Crippen LogP contribution in [0, 0.1) is 5.41 Å². The third-order valence-electron chi connectivity index (χ3n) is 2.91. The zero-order chi connectivity index (χ0) is 12.1. The van der Waals surface area contributed by atoms with Crippen LogP contribution in [0.2, 0.25) is 0 Å². The van der Waals surface area contributed by atoms with Crippen LogP contribution < -0.4 is 0 Å². The molecule has 2 saturated heterocycles. The maximum atomic E-state index is 5.57. The minimum Gasteiger partial charge on any atom is -0.379 e. The number of methoxy groups -OCH3 is 2. The Labute approximate surface area is 116 Å². The molecule has 2 fully saturated rings. The Bertz CT molecular complexity index is 192. The molecular formula is C13H28O6. The predicted molar refractivity (Wildman–Crippen MR) is 71.0 cm³/mol. The van der Waals surface area contributed by atoms with Gasteiger partial charge in [0, 0.05) is 14.2 Å². The van der Waals surface area contributed by atoms with Crippen molar-refractivity contribution in [3.05, 3.63) is 0 Å². The van der Waals surface area contributed by atoms with Crippen molar-refractivity contribution in [3.8, 4) is 0 Å². The van der Waals surface area contributed by atoms with Crippen LogP contribution in [0.3, 0.4) is 0 Å². The van der Waals surface area contributed by atoms with Gasteiger partial charge in [-0.1, -0.05) is 14.9 Å². The second-order valence-electron chi connectivity index (χ2n) is 4.51. The van der Waals surface area contributed by atoms with Gasteiger partial charge >= 0.3 is 0 Å². The molecule has 0 radical (unpaired) electrons. The van der Waals surface area contributed by atoms with Crippen molar-refractivity contribution in [2.75, 3.05) is 53.9 Å². The standard InChI is InChI=1S/C11H20O6.2CH4/c1-12-3-9-14-5-11(6-15-9)7-16-10(4-13-2)17-8-11;;/h9-10H,3-8H2,1-2H3;2*1H4. The smallest absolute Gasteiger partial charge is 0.180 e. The normalized spacial score (nSPS) is 34.4. The van der Waals surface area contributed by atoms with Gasteiger partial charge in [-0.05, 0) is 0 Å². The van der Waals surface area contributed by atoms with Crippen molar-refractivity contribution < 1.29 is 28.4 Å². The molecule has 0 unspecified atom stereocenters. The fourth-order valence-corrected chi connectivity index (χ4v) is 1.89. The average Bonchev–Trinajstić information content (AvgIpc) is 2.36. The second-order valence-corrected chi connectivity index (χ2v) is 4.51. The van der Waals surface area contributed by atoms with Crippen LogP contribution in [-0.2, 0) is 28.4 Å². The molecule has 2 aliphatic rings. The van der Waals surface area contributed by atoms with E-state index in [0.717, 1.165) is 0 Å². The fraction of sp³-hybridized carbons (Fsp3) is 1.00. The minimum absolute atomic E-state index is 0. The molecular weight excluding hydrogens is 252 g/mol.